The SMILES string of the molecule is COc1ccc(-n2c(C)ccc2[C@@H]2[C@@H](c3ccccn3)NC(=S)N2c2cc(OC)ccc2OC)cc1. The lowest BCUT2D eigenvalue weighted by molar-refractivity contribution is 0.402. The predicted molar refractivity (Wildman–Crippen MR) is 145 cm³/mol. The molecule has 1 saturated heterocycles. The third kappa shape index (κ3) is 4.13. The second-order valence-corrected chi connectivity index (χ2v) is 8.85. The Hall–Kier alpha value is -4.04. The van der Waals surface area contributed by atoms with Crippen LogP contribution in [-0.2, 0) is 0 Å². The molecule has 8 heteroatoms. The van der Waals surface area contributed by atoms with Crippen LogP contribution in [0.4, 0.5) is 5.69 Å². The summed E-state index contributed by atoms with van der Waals surface area (Å²) >= 11 is 5.93. The number of methoxy groups -OCH3 is 3. The summed E-state index contributed by atoms with van der Waals surface area (Å²) in [6.07, 6.45) is 1.81. The Balaban J connectivity index is 1.71. The summed E-state index contributed by atoms with van der Waals surface area (Å²) in [5.74, 6) is 2.23. The van der Waals surface area contributed by atoms with Crippen LogP contribution in [0.15, 0.2) is 79.0 Å². The largest absolute Gasteiger partial charge is 0.497 e. The van der Waals surface area contributed by atoms with E-state index in [9.17, 15) is 0 Å². The van der Waals surface area contributed by atoms with Crippen molar-refractivity contribution in [1.29, 1.82) is 0 Å². The van der Waals surface area contributed by atoms with E-state index in [2.05, 4.69) is 51.0 Å². The van der Waals surface area contributed by atoms with Gasteiger partial charge in [-0.15, -0.1) is 0 Å². The van der Waals surface area contributed by atoms with Crippen molar-refractivity contribution in [1.82, 2.24) is 14.9 Å². The molecule has 0 saturated carbocycles. The van der Waals surface area contributed by atoms with Gasteiger partial charge in [0, 0.05) is 29.3 Å². The Labute approximate surface area is 216 Å². The quantitative estimate of drug-likeness (QED) is 0.342. The van der Waals surface area contributed by atoms with Gasteiger partial charge in [0.05, 0.1) is 38.8 Å². The molecule has 1 aliphatic heterocycles. The summed E-state index contributed by atoms with van der Waals surface area (Å²) in [5, 5.41) is 4.11. The van der Waals surface area contributed by atoms with Crippen LogP contribution >= 0.6 is 12.2 Å². The van der Waals surface area contributed by atoms with Gasteiger partial charge in [0.2, 0.25) is 0 Å². The van der Waals surface area contributed by atoms with Gasteiger partial charge in [-0.2, -0.15) is 0 Å². The fourth-order valence-electron chi connectivity index (χ4n) is 4.77. The molecule has 2 atom stereocenters. The highest BCUT2D eigenvalue weighted by Gasteiger charge is 2.43. The molecule has 0 aliphatic carbocycles. The molecule has 1 N–H and O–H groups in total. The first-order chi connectivity index (χ1) is 17.5. The average molecular weight is 501 g/mol. The molecule has 3 heterocycles. The molecule has 0 radical (unpaired) electrons. The molecule has 0 amide bonds. The summed E-state index contributed by atoms with van der Waals surface area (Å²) in [4.78, 5) is 6.78. The van der Waals surface area contributed by atoms with Gasteiger partial charge in [-0.1, -0.05) is 6.07 Å². The number of rotatable bonds is 7. The van der Waals surface area contributed by atoms with E-state index in [1.165, 1.54) is 0 Å². The number of nitrogens with one attached hydrogen (secondary N) is 1. The van der Waals surface area contributed by atoms with E-state index in [-0.39, 0.29) is 12.1 Å². The Kier molecular flexibility index (Phi) is 6.52. The molecule has 0 bridgehead atoms. The second-order valence-electron chi connectivity index (χ2n) is 8.47. The third-order valence-electron chi connectivity index (χ3n) is 6.48. The number of aryl methyl sites for hydroxylation is 1. The summed E-state index contributed by atoms with van der Waals surface area (Å²) in [7, 11) is 4.98. The fourth-order valence-corrected chi connectivity index (χ4v) is 5.11. The standard InChI is InChI=1S/C28H28N4O3S/c1-18-8-14-23(31(18)19-9-11-20(33-2)12-10-19)27-26(22-7-5-6-16-29-22)30-28(36)32(27)24-17-21(34-3)13-15-25(24)35-4/h5-17,26-27H,1-4H3,(H,30,36)/t26-,27-/m1/s1. The first-order valence-electron chi connectivity index (χ1n) is 11.6. The van der Waals surface area contributed by atoms with Gasteiger partial charge in [0.25, 0.3) is 0 Å². The highest BCUT2D eigenvalue weighted by atomic mass is 32.1. The number of hydrogen-bond donors (Lipinski definition) is 1. The van der Waals surface area contributed by atoms with Crippen LogP contribution in [0, 0.1) is 6.92 Å². The summed E-state index contributed by atoms with van der Waals surface area (Å²) in [5.41, 5.74) is 4.91. The molecule has 36 heavy (non-hydrogen) atoms. The van der Waals surface area contributed by atoms with Crippen LogP contribution in [0.1, 0.15) is 29.2 Å². The van der Waals surface area contributed by atoms with E-state index >= 15 is 0 Å². The van der Waals surface area contributed by atoms with Crippen molar-refractivity contribution in [3.05, 3.63) is 96.1 Å². The Morgan fingerprint density at radius 2 is 1.61 bits per heavy atom. The minimum absolute atomic E-state index is 0.194. The Morgan fingerprint density at radius 3 is 2.28 bits per heavy atom. The number of ether oxygens (including phenoxy) is 3. The zero-order chi connectivity index (χ0) is 25.2. The van der Waals surface area contributed by atoms with Crippen molar-refractivity contribution < 1.29 is 14.2 Å². The molecule has 184 valence electrons. The highest BCUT2D eigenvalue weighted by Crippen LogP contribution is 2.46. The number of pyridine rings is 1. The van der Waals surface area contributed by atoms with Crippen LogP contribution in [-0.4, -0.2) is 36.0 Å². The molecule has 1 aliphatic rings. The zero-order valence-corrected chi connectivity index (χ0v) is 21.5. The third-order valence-corrected chi connectivity index (χ3v) is 6.80. The van der Waals surface area contributed by atoms with Crippen molar-refractivity contribution in [2.75, 3.05) is 26.2 Å². The maximum Gasteiger partial charge on any atom is 0.174 e. The maximum absolute atomic E-state index is 5.93. The van der Waals surface area contributed by atoms with E-state index in [1.54, 1.807) is 27.5 Å². The number of aromatic nitrogens is 2. The lowest BCUT2D eigenvalue weighted by Gasteiger charge is -2.30. The van der Waals surface area contributed by atoms with Crippen LogP contribution in [0.3, 0.4) is 0 Å². The molecule has 2 aromatic carbocycles. The van der Waals surface area contributed by atoms with Gasteiger partial charge < -0.3 is 29.0 Å². The van der Waals surface area contributed by atoms with Gasteiger partial charge in [-0.05, 0) is 79.8 Å². The average Bonchev–Trinajstić information content (AvgIpc) is 3.47. The molecular weight excluding hydrogens is 472 g/mol. The van der Waals surface area contributed by atoms with Crippen molar-refractivity contribution in [2.45, 2.75) is 19.0 Å². The van der Waals surface area contributed by atoms with E-state index in [4.69, 9.17) is 26.4 Å². The first-order valence-corrected chi connectivity index (χ1v) is 12.0. The van der Waals surface area contributed by atoms with Crippen molar-refractivity contribution in [3.63, 3.8) is 0 Å². The number of nitrogens with zero attached hydrogens (tertiary/aromatic N) is 3. The minimum atomic E-state index is -0.218. The normalized spacial score (nSPS) is 17.1. The monoisotopic (exact) mass is 500 g/mol. The lowest BCUT2D eigenvalue weighted by Crippen LogP contribution is -2.30. The Bertz CT molecular complexity index is 1370. The van der Waals surface area contributed by atoms with Crippen LogP contribution in [0.5, 0.6) is 17.2 Å². The molecule has 1 fully saturated rings. The van der Waals surface area contributed by atoms with Crippen LogP contribution in [0.25, 0.3) is 5.69 Å². The van der Waals surface area contributed by atoms with Gasteiger partial charge in [0.15, 0.2) is 5.11 Å². The molecule has 0 spiro atoms. The van der Waals surface area contributed by atoms with E-state index < -0.39 is 0 Å². The van der Waals surface area contributed by atoms with Gasteiger partial charge >= 0.3 is 0 Å². The molecule has 2 aromatic heterocycles. The minimum Gasteiger partial charge on any atom is -0.497 e. The molecule has 4 aromatic rings. The van der Waals surface area contributed by atoms with Gasteiger partial charge in [0.1, 0.15) is 23.3 Å². The van der Waals surface area contributed by atoms with E-state index in [1.807, 2.05) is 48.5 Å². The molecule has 5 rings (SSSR count). The lowest BCUT2D eigenvalue weighted by atomic mass is 10.0. The van der Waals surface area contributed by atoms with E-state index in [0.29, 0.717) is 10.9 Å². The fraction of sp³-hybridized carbons (Fsp3) is 0.214. The molecular formula is C28H28N4O3S. The summed E-state index contributed by atoms with van der Waals surface area (Å²) in [6.45, 7) is 2.10. The summed E-state index contributed by atoms with van der Waals surface area (Å²) < 4.78 is 18.9. The Morgan fingerprint density at radius 1 is 0.861 bits per heavy atom. The van der Waals surface area contributed by atoms with Crippen molar-refractivity contribution in [2.24, 2.45) is 0 Å². The number of thiocarbonyl (C=S) groups is 1. The van der Waals surface area contributed by atoms with E-state index in [0.717, 1.165) is 40.0 Å². The van der Waals surface area contributed by atoms with Crippen LogP contribution in [0.2, 0.25) is 0 Å². The topological polar surface area (TPSA) is 60.8 Å². The first kappa shape index (κ1) is 23.7. The number of hydrogen-bond acceptors (Lipinski definition) is 5. The van der Waals surface area contributed by atoms with Gasteiger partial charge in [-0.25, -0.2) is 0 Å². The number of benzene rings is 2. The maximum atomic E-state index is 5.93. The van der Waals surface area contributed by atoms with Gasteiger partial charge in [-0.3, -0.25) is 4.98 Å². The molecule has 0 unspecified atom stereocenters. The van der Waals surface area contributed by atoms with Crippen molar-refractivity contribution >= 4 is 23.0 Å². The summed E-state index contributed by atoms with van der Waals surface area (Å²) in [6, 6.07) is 23.6. The van der Waals surface area contributed by atoms with Crippen molar-refractivity contribution in [3.8, 4) is 22.9 Å². The zero-order valence-electron chi connectivity index (χ0n) is 20.6. The number of anilines is 1. The highest BCUT2D eigenvalue weighted by molar-refractivity contribution is 7.80. The van der Waals surface area contributed by atoms with Crippen LogP contribution < -0.4 is 24.4 Å². The smallest absolute Gasteiger partial charge is 0.174 e. The molecule has 7 nitrogen and oxygen atoms in total. The predicted octanol–water partition coefficient (Wildman–Crippen LogP) is 5.38. The second kappa shape index (κ2) is 9.91.